The zero-order valence-electron chi connectivity index (χ0n) is 8.64. The van der Waals surface area contributed by atoms with Gasteiger partial charge in [-0.1, -0.05) is 30.3 Å². The van der Waals surface area contributed by atoms with Gasteiger partial charge in [-0.15, -0.1) is 11.3 Å². The summed E-state index contributed by atoms with van der Waals surface area (Å²) < 4.78 is 0.797. The highest BCUT2D eigenvalue weighted by molar-refractivity contribution is 9.10. The molecule has 4 heteroatoms. The first-order valence-corrected chi connectivity index (χ1v) is 6.76. The van der Waals surface area contributed by atoms with Gasteiger partial charge in [0.1, 0.15) is 15.7 Å². The molecular weight excluding hydrogens is 286 g/mol. The van der Waals surface area contributed by atoms with Crippen molar-refractivity contribution in [3.05, 3.63) is 50.9 Å². The maximum absolute atomic E-state index is 9.92. The van der Waals surface area contributed by atoms with Gasteiger partial charge in [-0.2, -0.15) is 0 Å². The van der Waals surface area contributed by atoms with E-state index in [1.54, 1.807) is 0 Å². The predicted molar refractivity (Wildman–Crippen MR) is 69.5 cm³/mol. The van der Waals surface area contributed by atoms with Gasteiger partial charge in [0.2, 0.25) is 0 Å². The molecule has 0 fully saturated rings. The summed E-state index contributed by atoms with van der Waals surface area (Å²) in [7, 11) is 0. The number of aromatic nitrogens is 1. The van der Waals surface area contributed by atoms with E-state index >= 15 is 0 Å². The van der Waals surface area contributed by atoms with Crippen molar-refractivity contribution in [1.82, 2.24) is 4.98 Å². The molecule has 2 rings (SSSR count). The molecule has 1 N–H and O–H groups in total. The van der Waals surface area contributed by atoms with Gasteiger partial charge in [0.15, 0.2) is 0 Å². The van der Waals surface area contributed by atoms with Crippen molar-refractivity contribution in [3.63, 3.8) is 0 Å². The molecule has 1 atom stereocenters. The maximum atomic E-state index is 9.92. The molecule has 1 unspecified atom stereocenters. The fourth-order valence-corrected chi connectivity index (χ4v) is 2.78. The minimum atomic E-state index is -0.462. The van der Waals surface area contributed by atoms with Crippen LogP contribution in [0.15, 0.2) is 40.3 Å². The molecule has 0 aliphatic rings. The van der Waals surface area contributed by atoms with E-state index in [4.69, 9.17) is 0 Å². The van der Waals surface area contributed by atoms with E-state index in [0.717, 1.165) is 16.0 Å². The minimum absolute atomic E-state index is 0.462. The van der Waals surface area contributed by atoms with Crippen LogP contribution in [0.1, 0.15) is 23.1 Å². The average molecular weight is 298 g/mol. The van der Waals surface area contributed by atoms with Crippen LogP contribution < -0.4 is 0 Å². The number of benzene rings is 1. The lowest BCUT2D eigenvalue weighted by atomic mass is 10.1. The fraction of sp³-hybridized carbons (Fsp3) is 0.250. The van der Waals surface area contributed by atoms with Gasteiger partial charge < -0.3 is 5.11 Å². The third-order valence-corrected chi connectivity index (χ3v) is 3.98. The number of rotatable bonds is 4. The Balaban J connectivity index is 1.91. The molecule has 0 amide bonds. The van der Waals surface area contributed by atoms with Crippen LogP contribution in [-0.4, -0.2) is 10.1 Å². The average Bonchev–Trinajstić information content (AvgIpc) is 2.74. The molecule has 0 aliphatic heterocycles. The first kappa shape index (κ1) is 11.8. The van der Waals surface area contributed by atoms with Crippen molar-refractivity contribution in [3.8, 4) is 0 Å². The molecule has 84 valence electrons. The number of aliphatic hydroxyl groups excluding tert-OH is 1. The lowest BCUT2D eigenvalue weighted by Crippen LogP contribution is -1.98. The van der Waals surface area contributed by atoms with E-state index in [-0.39, 0.29) is 0 Å². The smallest absolute Gasteiger partial charge is 0.123 e. The second-order valence-electron chi connectivity index (χ2n) is 3.55. The van der Waals surface area contributed by atoms with Crippen LogP contribution in [0, 0.1) is 0 Å². The fourth-order valence-electron chi connectivity index (χ4n) is 1.49. The summed E-state index contributed by atoms with van der Waals surface area (Å²) >= 11 is 4.77. The predicted octanol–water partition coefficient (Wildman–Crippen LogP) is 3.57. The largest absolute Gasteiger partial charge is 0.386 e. The molecule has 0 aliphatic carbocycles. The summed E-state index contributed by atoms with van der Waals surface area (Å²) in [5, 5.41) is 12.6. The monoisotopic (exact) mass is 297 g/mol. The highest BCUT2D eigenvalue weighted by Crippen LogP contribution is 2.24. The first-order chi connectivity index (χ1) is 7.75. The van der Waals surface area contributed by atoms with E-state index in [0.29, 0.717) is 6.42 Å². The number of hydrogen-bond acceptors (Lipinski definition) is 3. The molecule has 1 aromatic carbocycles. The number of aryl methyl sites for hydroxylation is 1. The van der Waals surface area contributed by atoms with Gasteiger partial charge in [-0.05, 0) is 34.3 Å². The Morgan fingerprint density at radius 3 is 2.69 bits per heavy atom. The van der Waals surface area contributed by atoms with Crippen LogP contribution >= 0.6 is 27.3 Å². The molecule has 1 aromatic heterocycles. The second-order valence-corrected chi connectivity index (χ2v) is 5.25. The second kappa shape index (κ2) is 5.57. The van der Waals surface area contributed by atoms with Crippen molar-refractivity contribution in [2.24, 2.45) is 0 Å². The molecule has 2 aromatic rings. The quantitative estimate of drug-likeness (QED) is 0.936. The van der Waals surface area contributed by atoms with Gasteiger partial charge >= 0.3 is 0 Å². The summed E-state index contributed by atoms with van der Waals surface area (Å²) in [6, 6.07) is 10.2. The topological polar surface area (TPSA) is 33.1 Å². The van der Waals surface area contributed by atoms with Crippen LogP contribution in [0.25, 0.3) is 0 Å². The number of nitrogens with zero attached hydrogens (tertiary/aromatic N) is 1. The standard InChI is InChI=1S/C12H12BrNOS/c13-11-8-16-12(14-11)10(15)7-6-9-4-2-1-3-5-9/h1-5,8,10,15H,6-7H2. The molecule has 0 bridgehead atoms. The maximum Gasteiger partial charge on any atom is 0.123 e. The SMILES string of the molecule is OC(CCc1ccccc1)c1nc(Br)cs1. The summed E-state index contributed by atoms with van der Waals surface area (Å²) in [5.41, 5.74) is 1.25. The number of hydrogen-bond donors (Lipinski definition) is 1. The van der Waals surface area contributed by atoms with Gasteiger partial charge in [0.05, 0.1) is 0 Å². The van der Waals surface area contributed by atoms with Gasteiger partial charge in [-0.3, -0.25) is 0 Å². The molecule has 16 heavy (non-hydrogen) atoms. The molecule has 1 heterocycles. The lowest BCUT2D eigenvalue weighted by Gasteiger charge is -2.06. The van der Waals surface area contributed by atoms with Crippen molar-refractivity contribution in [1.29, 1.82) is 0 Å². The number of thiazole rings is 1. The lowest BCUT2D eigenvalue weighted by molar-refractivity contribution is 0.167. The summed E-state index contributed by atoms with van der Waals surface area (Å²) in [5.74, 6) is 0. The van der Waals surface area contributed by atoms with E-state index in [9.17, 15) is 5.11 Å². The Morgan fingerprint density at radius 2 is 2.06 bits per heavy atom. The van der Waals surface area contributed by atoms with Crippen molar-refractivity contribution in [2.75, 3.05) is 0 Å². The highest BCUT2D eigenvalue weighted by atomic mass is 79.9. The number of aliphatic hydroxyl groups is 1. The Morgan fingerprint density at radius 1 is 1.31 bits per heavy atom. The molecule has 0 saturated carbocycles. The van der Waals surface area contributed by atoms with Crippen molar-refractivity contribution in [2.45, 2.75) is 18.9 Å². The van der Waals surface area contributed by atoms with Gasteiger partial charge in [-0.25, -0.2) is 4.98 Å². The van der Waals surface area contributed by atoms with Gasteiger partial charge in [0, 0.05) is 5.38 Å². The van der Waals surface area contributed by atoms with Gasteiger partial charge in [0.25, 0.3) is 0 Å². The van der Waals surface area contributed by atoms with Crippen LogP contribution in [-0.2, 0) is 6.42 Å². The first-order valence-electron chi connectivity index (χ1n) is 5.08. The minimum Gasteiger partial charge on any atom is -0.386 e. The van der Waals surface area contributed by atoms with Crippen LogP contribution in [0.4, 0.5) is 0 Å². The Hall–Kier alpha value is -0.710. The third-order valence-electron chi connectivity index (χ3n) is 2.33. The summed E-state index contributed by atoms with van der Waals surface area (Å²) in [4.78, 5) is 4.21. The van der Waals surface area contributed by atoms with Crippen LogP contribution in [0.3, 0.4) is 0 Å². The van der Waals surface area contributed by atoms with Crippen LogP contribution in [0.2, 0.25) is 0 Å². The van der Waals surface area contributed by atoms with E-state index in [2.05, 4.69) is 33.0 Å². The van der Waals surface area contributed by atoms with Crippen LogP contribution in [0.5, 0.6) is 0 Å². The Kier molecular flexibility index (Phi) is 4.09. The third kappa shape index (κ3) is 3.14. The van der Waals surface area contributed by atoms with E-state index < -0.39 is 6.10 Å². The Labute approximate surface area is 107 Å². The van der Waals surface area contributed by atoms with Crippen molar-refractivity contribution < 1.29 is 5.11 Å². The summed E-state index contributed by atoms with van der Waals surface area (Å²) in [6.07, 6.45) is 1.12. The Bertz CT molecular complexity index is 443. The normalized spacial score (nSPS) is 12.6. The molecular formula is C12H12BrNOS. The zero-order valence-corrected chi connectivity index (χ0v) is 11.0. The zero-order chi connectivity index (χ0) is 11.4. The molecule has 0 saturated heterocycles. The molecule has 0 spiro atoms. The molecule has 0 radical (unpaired) electrons. The van der Waals surface area contributed by atoms with Crippen molar-refractivity contribution >= 4 is 27.3 Å². The number of halogens is 1. The highest BCUT2D eigenvalue weighted by Gasteiger charge is 2.11. The molecule has 2 nitrogen and oxygen atoms in total. The van der Waals surface area contributed by atoms with E-state index in [1.165, 1.54) is 16.9 Å². The van der Waals surface area contributed by atoms with E-state index in [1.807, 2.05) is 23.6 Å². The summed E-state index contributed by atoms with van der Waals surface area (Å²) in [6.45, 7) is 0.